The quantitative estimate of drug-likeness (QED) is 0.261. The van der Waals surface area contributed by atoms with Crippen LogP contribution in [-0.2, 0) is 4.79 Å². The highest BCUT2D eigenvalue weighted by atomic mass is 16.4. The highest BCUT2D eigenvalue weighted by Gasteiger charge is 2.41. The monoisotopic (exact) mass is 271 g/mol. The van der Waals surface area contributed by atoms with Crippen LogP contribution in [0.5, 0.6) is 0 Å². The van der Waals surface area contributed by atoms with E-state index < -0.39 is 5.41 Å². The van der Waals surface area contributed by atoms with Crippen molar-refractivity contribution in [2.45, 2.75) is 72.3 Å². The van der Waals surface area contributed by atoms with E-state index in [9.17, 15) is 4.79 Å². The molecule has 0 aliphatic carbocycles. The largest absolute Gasteiger partial charge is 0.409 e. The lowest BCUT2D eigenvalue weighted by Crippen LogP contribution is -2.52. The Bertz CT molecular complexity index is 293. The number of nitrogens with one attached hydrogen (secondary N) is 1. The topological polar surface area (TPSA) is 87.7 Å². The van der Waals surface area contributed by atoms with Crippen LogP contribution in [0.4, 0.5) is 0 Å². The maximum absolute atomic E-state index is 12.6. The summed E-state index contributed by atoms with van der Waals surface area (Å²) in [6.45, 7) is 8.08. The molecule has 1 amide bonds. The summed E-state index contributed by atoms with van der Waals surface area (Å²) in [5.74, 6) is -0.0835. The van der Waals surface area contributed by atoms with E-state index in [1.807, 2.05) is 27.7 Å². The molecule has 0 aliphatic rings. The molecule has 0 heterocycles. The van der Waals surface area contributed by atoms with Gasteiger partial charge in [-0.2, -0.15) is 0 Å². The summed E-state index contributed by atoms with van der Waals surface area (Å²) >= 11 is 0. The van der Waals surface area contributed by atoms with Crippen molar-refractivity contribution in [1.29, 1.82) is 0 Å². The van der Waals surface area contributed by atoms with Gasteiger partial charge in [0, 0.05) is 6.04 Å². The minimum atomic E-state index is -0.874. The number of carbonyl (C=O) groups is 1. The van der Waals surface area contributed by atoms with Crippen molar-refractivity contribution in [3.63, 3.8) is 0 Å². The van der Waals surface area contributed by atoms with Gasteiger partial charge in [-0.3, -0.25) is 4.79 Å². The summed E-state index contributed by atoms with van der Waals surface area (Å²) in [4.78, 5) is 12.6. The predicted molar refractivity (Wildman–Crippen MR) is 78.2 cm³/mol. The molecule has 0 aliphatic heterocycles. The van der Waals surface area contributed by atoms with Gasteiger partial charge in [-0.25, -0.2) is 0 Å². The Labute approximate surface area is 116 Å². The Kier molecular flexibility index (Phi) is 8.19. The van der Waals surface area contributed by atoms with E-state index in [0.717, 1.165) is 25.7 Å². The number of hydrogen-bond donors (Lipinski definition) is 3. The first-order valence-electron chi connectivity index (χ1n) is 7.31. The molecule has 0 radical (unpaired) electrons. The predicted octanol–water partition coefficient (Wildman–Crippen LogP) is 2.62. The van der Waals surface area contributed by atoms with Gasteiger partial charge in [0.1, 0.15) is 5.41 Å². The third-order valence-corrected chi connectivity index (χ3v) is 3.71. The normalized spacial score (nSPS) is 12.8. The minimum absolute atomic E-state index is 0.0275. The highest BCUT2D eigenvalue weighted by molar-refractivity contribution is 6.06. The molecule has 0 aromatic carbocycles. The van der Waals surface area contributed by atoms with Crippen LogP contribution in [0.3, 0.4) is 0 Å². The summed E-state index contributed by atoms with van der Waals surface area (Å²) in [6, 6.07) is 0.145. The van der Waals surface area contributed by atoms with Crippen LogP contribution in [0.25, 0.3) is 0 Å². The first kappa shape index (κ1) is 17.7. The van der Waals surface area contributed by atoms with E-state index in [1.54, 1.807) is 0 Å². The van der Waals surface area contributed by atoms with Crippen LogP contribution in [0.1, 0.15) is 66.2 Å². The van der Waals surface area contributed by atoms with Crippen LogP contribution in [0.15, 0.2) is 5.16 Å². The molecule has 0 aromatic heterocycles. The van der Waals surface area contributed by atoms with Gasteiger partial charge >= 0.3 is 0 Å². The van der Waals surface area contributed by atoms with E-state index in [0.29, 0.717) is 12.8 Å². The standard InChI is InChI=1S/C14H29N3O2/c1-5-9-14(10-6-2,12(15)17-19)13(18)16-11(7-3)8-4/h11,19H,5-10H2,1-4H3,(H2,15,17)(H,16,18). The van der Waals surface area contributed by atoms with Gasteiger partial charge in [0.15, 0.2) is 5.84 Å². The second-order valence-corrected chi connectivity index (χ2v) is 5.05. The molecule has 0 fully saturated rings. The van der Waals surface area contributed by atoms with Crippen LogP contribution in [-0.4, -0.2) is 23.0 Å². The van der Waals surface area contributed by atoms with Gasteiger partial charge in [-0.1, -0.05) is 45.7 Å². The number of amidine groups is 1. The number of hydrogen-bond acceptors (Lipinski definition) is 3. The summed E-state index contributed by atoms with van der Waals surface area (Å²) < 4.78 is 0. The van der Waals surface area contributed by atoms with Crippen LogP contribution in [0.2, 0.25) is 0 Å². The van der Waals surface area contributed by atoms with E-state index in [-0.39, 0.29) is 17.8 Å². The number of amides is 1. The molecule has 0 rings (SSSR count). The molecular formula is C14H29N3O2. The zero-order valence-electron chi connectivity index (χ0n) is 12.7. The molecule has 0 saturated carbocycles. The second-order valence-electron chi connectivity index (χ2n) is 5.05. The number of nitrogens with zero attached hydrogens (tertiary/aromatic N) is 1. The molecule has 4 N–H and O–H groups in total. The molecule has 5 heteroatoms. The number of carbonyl (C=O) groups excluding carboxylic acids is 1. The average molecular weight is 271 g/mol. The summed E-state index contributed by atoms with van der Waals surface area (Å²) in [5, 5.41) is 15.1. The minimum Gasteiger partial charge on any atom is -0.409 e. The van der Waals surface area contributed by atoms with Gasteiger partial charge in [-0.05, 0) is 25.7 Å². The zero-order valence-corrected chi connectivity index (χ0v) is 12.7. The first-order chi connectivity index (χ1) is 9.02. The van der Waals surface area contributed by atoms with E-state index in [1.165, 1.54) is 0 Å². The Morgan fingerprint density at radius 1 is 1.21 bits per heavy atom. The third-order valence-electron chi connectivity index (χ3n) is 3.71. The Hall–Kier alpha value is -1.26. The van der Waals surface area contributed by atoms with Gasteiger partial charge in [-0.15, -0.1) is 0 Å². The fraction of sp³-hybridized carbons (Fsp3) is 0.857. The molecule has 0 atom stereocenters. The maximum Gasteiger partial charge on any atom is 0.234 e. The molecule has 0 aromatic rings. The van der Waals surface area contributed by atoms with E-state index >= 15 is 0 Å². The molecule has 112 valence electrons. The first-order valence-corrected chi connectivity index (χ1v) is 7.31. The lowest BCUT2D eigenvalue weighted by molar-refractivity contribution is -0.129. The Balaban J connectivity index is 5.25. The van der Waals surface area contributed by atoms with Crippen molar-refractivity contribution in [2.75, 3.05) is 0 Å². The smallest absolute Gasteiger partial charge is 0.234 e. The van der Waals surface area contributed by atoms with Crippen LogP contribution in [0, 0.1) is 5.41 Å². The lowest BCUT2D eigenvalue weighted by Gasteiger charge is -2.32. The average Bonchev–Trinajstić information content (AvgIpc) is 2.42. The van der Waals surface area contributed by atoms with Crippen molar-refractivity contribution in [3.05, 3.63) is 0 Å². The summed E-state index contributed by atoms with van der Waals surface area (Å²) in [6.07, 6.45) is 4.59. The van der Waals surface area contributed by atoms with Crippen molar-refractivity contribution in [3.8, 4) is 0 Å². The lowest BCUT2D eigenvalue weighted by atomic mass is 9.77. The molecule has 0 saturated heterocycles. The summed E-state index contributed by atoms with van der Waals surface area (Å²) in [5.41, 5.74) is 4.95. The molecular weight excluding hydrogens is 242 g/mol. The fourth-order valence-electron chi connectivity index (χ4n) is 2.49. The highest BCUT2D eigenvalue weighted by Crippen LogP contribution is 2.31. The van der Waals surface area contributed by atoms with Gasteiger partial charge in [0.25, 0.3) is 0 Å². The van der Waals surface area contributed by atoms with E-state index in [4.69, 9.17) is 10.9 Å². The van der Waals surface area contributed by atoms with Crippen molar-refractivity contribution in [2.24, 2.45) is 16.3 Å². The zero-order chi connectivity index (χ0) is 14.9. The number of oxime groups is 1. The second kappa shape index (κ2) is 8.77. The molecule has 5 nitrogen and oxygen atoms in total. The molecule has 0 bridgehead atoms. The van der Waals surface area contributed by atoms with Crippen molar-refractivity contribution >= 4 is 11.7 Å². The third kappa shape index (κ3) is 4.40. The van der Waals surface area contributed by atoms with Crippen molar-refractivity contribution < 1.29 is 10.0 Å². The maximum atomic E-state index is 12.6. The number of nitrogens with two attached hydrogens (primary N) is 1. The molecule has 19 heavy (non-hydrogen) atoms. The van der Waals surface area contributed by atoms with Crippen molar-refractivity contribution in [1.82, 2.24) is 5.32 Å². The van der Waals surface area contributed by atoms with Gasteiger partial charge in [0.2, 0.25) is 5.91 Å². The SMILES string of the molecule is CCCC(CCC)(C(=O)NC(CC)CC)C(N)=NO. The van der Waals surface area contributed by atoms with E-state index in [2.05, 4.69) is 10.5 Å². The Morgan fingerprint density at radius 3 is 2.00 bits per heavy atom. The molecule has 0 unspecified atom stereocenters. The van der Waals surface area contributed by atoms with Crippen LogP contribution >= 0.6 is 0 Å². The Morgan fingerprint density at radius 2 is 1.68 bits per heavy atom. The molecule has 0 spiro atoms. The van der Waals surface area contributed by atoms with Gasteiger partial charge in [0.05, 0.1) is 0 Å². The fourth-order valence-corrected chi connectivity index (χ4v) is 2.49. The van der Waals surface area contributed by atoms with Gasteiger partial charge < -0.3 is 16.3 Å². The number of rotatable bonds is 9. The van der Waals surface area contributed by atoms with Crippen LogP contribution < -0.4 is 11.1 Å². The summed E-state index contributed by atoms with van der Waals surface area (Å²) in [7, 11) is 0.